The van der Waals surface area contributed by atoms with Gasteiger partial charge in [0.05, 0.1) is 6.26 Å². The van der Waals surface area contributed by atoms with E-state index in [1.54, 1.807) is 6.92 Å². The van der Waals surface area contributed by atoms with E-state index >= 15 is 0 Å². The third-order valence-corrected chi connectivity index (χ3v) is 0.777. The molecule has 1 unspecified atom stereocenters. The van der Waals surface area contributed by atoms with E-state index < -0.39 is 12.1 Å². The predicted octanol–water partition coefficient (Wildman–Crippen LogP) is -0.260. The summed E-state index contributed by atoms with van der Waals surface area (Å²) in [4.78, 5) is 0. The topological polar surface area (TPSA) is 61.7 Å². The molecule has 0 aromatic carbocycles. The molecule has 0 rings (SSSR count). The molecule has 0 bridgehead atoms. The number of ether oxygens (including phenoxy) is 1. The average Bonchev–Trinajstić information content (AvgIpc) is 1.59. The summed E-state index contributed by atoms with van der Waals surface area (Å²) in [7, 11) is 0. The Hall–Kier alpha value is -0.580. The Morgan fingerprint density at radius 2 is 2.20 bits per heavy atom. The van der Waals surface area contributed by atoms with Crippen LogP contribution in [0, 0.1) is 0 Å². The smallest absolute Gasteiger partial charge is 0.222 e. The van der Waals surface area contributed by atoms with Crippen molar-refractivity contribution in [3.63, 3.8) is 0 Å². The summed E-state index contributed by atoms with van der Waals surface area (Å²) in [5.74, 6) is -1.90. The second-order valence-electron chi connectivity index (χ2n) is 2.11. The van der Waals surface area contributed by atoms with E-state index in [1.807, 2.05) is 0 Å². The number of aliphatic hydroxyl groups is 2. The van der Waals surface area contributed by atoms with Gasteiger partial charge in [-0.15, -0.1) is 0 Å². The molecule has 0 saturated carbocycles. The molecule has 0 aliphatic rings. The lowest BCUT2D eigenvalue weighted by molar-refractivity contribution is -0.190. The molecule has 4 nitrogen and oxygen atoms in total. The second-order valence-corrected chi connectivity index (χ2v) is 2.11. The number of hydrogen-bond donors (Lipinski definition) is 3. The zero-order valence-corrected chi connectivity index (χ0v) is 6.16. The molecule has 4 heteroatoms. The van der Waals surface area contributed by atoms with Gasteiger partial charge in [0.1, 0.15) is 6.23 Å². The standard InChI is InChI=1S/C6H13NO3/c1-4-10-5(2)7-6(3,8)9/h4-5,7-9H,1H2,2-3H3. The number of hydrogen-bond acceptors (Lipinski definition) is 4. The van der Waals surface area contributed by atoms with Crippen molar-refractivity contribution in [1.29, 1.82) is 0 Å². The van der Waals surface area contributed by atoms with Crippen molar-refractivity contribution in [2.24, 2.45) is 0 Å². The molecule has 1 atom stereocenters. The van der Waals surface area contributed by atoms with E-state index in [0.29, 0.717) is 0 Å². The van der Waals surface area contributed by atoms with E-state index in [4.69, 9.17) is 14.9 Å². The first-order valence-corrected chi connectivity index (χ1v) is 2.94. The maximum atomic E-state index is 8.74. The molecule has 0 fully saturated rings. The zero-order chi connectivity index (χ0) is 8.20. The molecule has 0 aliphatic carbocycles. The van der Waals surface area contributed by atoms with Crippen LogP contribution in [0.15, 0.2) is 12.8 Å². The van der Waals surface area contributed by atoms with Crippen molar-refractivity contribution in [1.82, 2.24) is 5.32 Å². The average molecular weight is 147 g/mol. The van der Waals surface area contributed by atoms with Crippen LogP contribution in [0.4, 0.5) is 0 Å². The highest BCUT2D eigenvalue weighted by Gasteiger charge is 2.17. The molecule has 0 aromatic rings. The monoisotopic (exact) mass is 147 g/mol. The summed E-state index contributed by atoms with van der Waals surface area (Å²) in [5.41, 5.74) is 0. The molecular formula is C6H13NO3. The van der Waals surface area contributed by atoms with Gasteiger partial charge in [-0.2, -0.15) is 0 Å². The lowest BCUT2D eigenvalue weighted by Gasteiger charge is -2.22. The minimum atomic E-state index is -1.90. The molecule has 10 heavy (non-hydrogen) atoms. The van der Waals surface area contributed by atoms with E-state index in [9.17, 15) is 0 Å². The first kappa shape index (κ1) is 9.42. The first-order valence-electron chi connectivity index (χ1n) is 2.94. The number of nitrogens with one attached hydrogen (secondary N) is 1. The molecule has 0 radical (unpaired) electrons. The summed E-state index contributed by atoms with van der Waals surface area (Å²) in [5, 5.41) is 19.8. The molecule has 3 N–H and O–H groups in total. The van der Waals surface area contributed by atoms with Gasteiger partial charge in [0, 0.05) is 6.92 Å². The normalized spacial score (nSPS) is 14.4. The van der Waals surface area contributed by atoms with Crippen LogP contribution in [-0.2, 0) is 4.74 Å². The lowest BCUT2D eigenvalue weighted by atomic mass is 10.5. The fourth-order valence-electron chi connectivity index (χ4n) is 0.563. The van der Waals surface area contributed by atoms with E-state index in [-0.39, 0.29) is 0 Å². The molecular weight excluding hydrogens is 134 g/mol. The van der Waals surface area contributed by atoms with Gasteiger partial charge in [-0.1, -0.05) is 6.58 Å². The largest absolute Gasteiger partial charge is 0.484 e. The third-order valence-electron chi connectivity index (χ3n) is 0.777. The highest BCUT2D eigenvalue weighted by atomic mass is 16.5. The van der Waals surface area contributed by atoms with Crippen molar-refractivity contribution in [3.05, 3.63) is 12.8 Å². The van der Waals surface area contributed by atoms with Crippen molar-refractivity contribution >= 4 is 0 Å². The second kappa shape index (κ2) is 3.55. The zero-order valence-electron chi connectivity index (χ0n) is 6.16. The van der Waals surface area contributed by atoms with E-state index in [2.05, 4.69) is 11.9 Å². The summed E-state index contributed by atoms with van der Waals surface area (Å²) in [6.45, 7) is 6.14. The summed E-state index contributed by atoms with van der Waals surface area (Å²) in [6, 6.07) is 0. The van der Waals surface area contributed by atoms with Gasteiger partial charge in [-0.25, -0.2) is 5.32 Å². The Labute approximate surface area is 60.1 Å². The first-order chi connectivity index (χ1) is 4.45. The van der Waals surface area contributed by atoms with Gasteiger partial charge in [-0.3, -0.25) is 0 Å². The molecule has 0 spiro atoms. The third kappa shape index (κ3) is 5.55. The Balaban J connectivity index is 3.56. The molecule has 0 saturated heterocycles. The van der Waals surface area contributed by atoms with Gasteiger partial charge < -0.3 is 14.9 Å². The molecule has 0 aromatic heterocycles. The van der Waals surface area contributed by atoms with Crippen molar-refractivity contribution in [2.45, 2.75) is 26.0 Å². The summed E-state index contributed by atoms with van der Waals surface area (Å²) < 4.78 is 4.75. The maximum absolute atomic E-state index is 8.74. The maximum Gasteiger partial charge on any atom is 0.222 e. The minimum Gasteiger partial charge on any atom is -0.484 e. The molecule has 0 heterocycles. The van der Waals surface area contributed by atoms with E-state index in [1.165, 1.54) is 13.2 Å². The Bertz CT molecular complexity index is 108. The fraction of sp³-hybridized carbons (Fsp3) is 0.667. The van der Waals surface area contributed by atoms with Crippen molar-refractivity contribution in [3.8, 4) is 0 Å². The highest BCUT2D eigenvalue weighted by molar-refractivity contribution is 4.59. The van der Waals surface area contributed by atoms with Crippen LogP contribution < -0.4 is 5.32 Å². The predicted molar refractivity (Wildman–Crippen MR) is 36.7 cm³/mol. The Kier molecular flexibility index (Phi) is 3.35. The summed E-state index contributed by atoms with van der Waals surface area (Å²) in [6.07, 6.45) is 0.765. The van der Waals surface area contributed by atoms with Crippen molar-refractivity contribution in [2.75, 3.05) is 0 Å². The van der Waals surface area contributed by atoms with Gasteiger partial charge in [0.15, 0.2) is 0 Å². The summed E-state index contributed by atoms with van der Waals surface area (Å²) >= 11 is 0. The Morgan fingerprint density at radius 1 is 1.70 bits per heavy atom. The quantitative estimate of drug-likeness (QED) is 0.379. The van der Waals surface area contributed by atoms with Crippen LogP contribution in [0.5, 0.6) is 0 Å². The van der Waals surface area contributed by atoms with Crippen LogP contribution in [-0.4, -0.2) is 22.4 Å². The van der Waals surface area contributed by atoms with Crippen LogP contribution >= 0.6 is 0 Å². The van der Waals surface area contributed by atoms with Crippen LogP contribution in [0.25, 0.3) is 0 Å². The van der Waals surface area contributed by atoms with Crippen LogP contribution in [0.3, 0.4) is 0 Å². The minimum absolute atomic E-state index is 0.461. The SMILES string of the molecule is C=COC(C)NC(C)(O)O. The lowest BCUT2D eigenvalue weighted by Crippen LogP contribution is -2.47. The van der Waals surface area contributed by atoms with Gasteiger partial charge in [-0.05, 0) is 6.92 Å². The van der Waals surface area contributed by atoms with Crippen molar-refractivity contribution < 1.29 is 14.9 Å². The molecule has 0 aliphatic heterocycles. The highest BCUT2D eigenvalue weighted by Crippen LogP contribution is 1.94. The van der Waals surface area contributed by atoms with Gasteiger partial charge >= 0.3 is 0 Å². The van der Waals surface area contributed by atoms with Crippen LogP contribution in [0.2, 0.25) is 0 Å². The van der Waals surface area contributed by atoms with Crippen LogP contribution in [0.1, 0.15) is 13.8 Å². The van der Waals surface area contributed by atoms with E-state index in [0.717, 1.165) is 0 Å². The van der Waals surface area contributed by atoms with Gasteiger partial charge in [0.2, 0.25) is 5.91 Å². The molecule has 0 amide bonds. The molecule has 60 valence electrons. The Morgan fingerprint density at radius 3 is 2.50 bits per heavy atom. The van der Waals surface area contributed by atoms with Gasteiger partial charge in [0.25, 0.3) is 0 Å². The number of rotatable bonds is 4. The fourth-order valence-corrected chi connectivity index (χ4v) is 0.563.